The predicted octanol–water partition coefficient (Wildman–Crippen LogP) is 0.430. The lowest BCUT2D eigenvalue weighted by Crippen LogP contribution is -2.36. The molecule has 0 aliphatic heterocycles. The maximum absolute atomic E-state index is 11.0. The summed E-state index contributed by atoms with van der Waals surface area (Å²) in [5.41, 5.74) is 8.70. The van der Waals surface area contributed by atoms with Crippen LogP contribution in [0.1, 0.15) is 32.6 Å². The maximum Gasteiger partial charge on any atom is 0.335 e. The quantitative estimate of drug-likeness (QED) is 0.241. The Morgan fingerprint density at radius 2 is 2.00 bits per heavy atom. The summed E-state index contributed by atoms with van der Waals surface area (Å²) in [7, 11) is 0. The number of hydrogen-bond acceptors (Lipinski definition) is 4. The monoisotopic (exact) mass is 230 g/mol. The number of aliphatic carboxylic acids is 1. The molecule has 0 unspecified atom stereocenters. The lowest BCUT2D eigenvalue weighted by atomic mass is 9.89. The summed E-state index contributed by atoms with van der Waals surface area (Å²) in [5, 5.41) is 11.7. The average molecular weight is 230 g/mol. The molecule has 0 bridgehead atoms. The van der Waals surface area contributed by atoms with Gasteiger partial charge >= 0.3 is 5.97 Å². The number of aliphatic imine (C=N–C) groups is 1. The van der Waals surface area contributed by atoms with Crippen molar-refractivity contribution in [2.45, 2.75) is 38.1 Å². The molecule has 0 rings (SSSR count). The predicted molar refractivity (Wildman–Crippen MR) is 61.0 cm³/mol. The molecule has 0 saturated carbocycles. The molecule has 5 N–H and O–H groups in total. The topological polar surface area (TPSA) is 131 Å². The van der Waals surface area contributed by atoms with E-state index < -0.39 is 11.5 Å². The van der Waals surface area contributed by atoms with Crippen molar-refractivity contribution in [1.29, 1.82) is 0 Å². The van der Waals surface area contributed by atoms with Gasteiger partial charge in [0, 0.05) is 6.54 Å². The highest BCUT2D eigenvalue weighted by molar-refractivity contribution is 5.79. The van der Waals surface area contributed by atoms with E-state index in [1.54, 1.807) is 6.92 Å². The molecule has 0 aromatic heterocycles. The van der Waals surface area contributed by atoms with E-state index in [1.807, 2.05) is 0 Å². The number of nitroso groups, excluding NO2 is 1. The Labute approximate surface area is 93.9 Å². The number of carboxylic acid groups (broad SMARTS) is 1. The van der Waals surface area contributed by atoms with Crippen LogP contribution in [0.3, 0.4) is 0 Å². The van der Waals surface area contributed by atoms with Gasteiger partial charge in [-0.05, 0) is 19.3 Å². The van der Waals surface area contributed by atoms with Crippen LogP contribution in [-0.2, 0) is 4.79 Å². The molecule has 7 nitrogen and oxygen atoms in total. The molecular weight excluding hydrogens is 212 g/mol. The number of nitrogens with two attached hydrogens (primary N) is 2. The van der Waals surface area contributed by atoms with Crippen LogP contribution in [0.4, 0.5) is 0 Å². The fraction of sp³-hybridized carbons (Fsp3) is 0.778. The van der Waals surface area contributed by atoms with Crippen molar-refractivity contribution in [3.05, 3.63) is 4.91 Å². The molecular formula is C9H18N4O3. The third kappa shape index (κ3) is 4.24. The molecule has 1 atom stereocenters. The zero-order valence-corrected chi connectivity index (χ0v) is 9.35. The van der Waals surface area contributed by atoms with E-state index in [-0.39, 0.29) is 18.8 Å². The van der Waals surface area contributed by atoms with Crippen LogP contribution in [0.2, 0.25) is 0 Å². The number of hydrogen-bond donors (Lipinski definition) is 3. The van der Waals surface area contributed by atoms with Crippen LogP contribution >= 0.6 is 0 Å². The zero-order valence-electron chi connectivity index (χ0n) is 9.35. The maximum atomic E-state index is 11.0. The first-order valence-electron chi connectivity index (χ1n) is 5.12. The fourth-order valence-electron chi connectivity index (χ4n) is 1.46. The summed E-state index contributed by atoms with van der Waals surface area (Å²) >= 11 is 0. The van der Waals surface area contributed by atoms with Gasteiger partial charge in [0.2, 0.25) is 0 Å². The molecule has 0 radical (unpaired) electrons. The van der Waals surface area contributed by atoms with Crippen molar-refractivity contribution in [2.75, 3.05) is 6.54 Å². The Hall–Kier alpha value is -1.66. The molecule has 0 spiro atoms. The van der Waals surface area contributed by atoms with E-state index in [2.05, 4.69) is 10.2 Å². The summed E-state index contributed by atoms with van der Waals surface area (Å²) in [4.78, 5) is 25.4. The molecule has 0 aliphatic rings. The van der Waals surface area contributed by atoms with Crippen molar-refractivity contribution < 1.29 is 9.90 Å². The van der Waals surface area contributed by atoms with Gasteiger partial charge in [0.25, 0.3) is 0 Å². The normalized spacial score (nSPS) is 13.8. The lowest BCUT2D eigenvalue weighted by Gasteiger charge is -2.20. The minimum atomic E-state index is -1.53. The molecule has 0 amide bonds. The van der Waals surface area contributed by atoms with E-state index in [1.165, 1.54) is 0 Å². The molecule has 0 aromatic carbocycles. The largest absolute Gasteiger partial charge is 0.479 e. The van der Waals surface area contributed by atoms with Crippen LogP contribution in [0.25, 0.3) is 0 Å². The standard InChI is InChI=1S/C9H18N4O3/c1-2-4-9(13-16,7(14)15)5-3-6-12-8(10)11/h2-6H2,1H3,(H,14,15)(H4,10,11,12)/t9-/m0/s1. The highest BCUT2D eigenvalue weighted by Gasteiger charge is 2.38. The molecule has 0 heterocycles. The van der Waals surface area contributed by atoms with E-state index in [4.69, 9.17) is 16.6 Å². The lowest BCUT2D eigenvalue weighted by molar-refractivity contribution is -0.143. The van der Waals surface area contributed by atoms with Crippen molar-refractivity contribution in [3.8, 4) is 0 Å². The SMILES string of the molecule is CCC[C@@](CCCN=C(N)N)(N=O)C(=O)O. The van der Waals surface area contributed by atoms with Crippen LogP contribution in [0.15, 0.2) is 10.2 Å². The Bertz CT molecular complexity index is 276. The molecule has 7 heteroatoms. The molecule has 0 aliphatic carbocycles. The van der Waals surface area contributed by atoms with Gasteiger partial charge in [0.05, 0.1) is 0 Å². The van der Waals surface area contributed by atoms with Gasteiger partial charge in [0.1, 0.15) is 0 Å². The smallest absolute Gasteiger partial charge is 0.335 e. The minimum Gasteiger partial charge on any atom is -0.479 e. The molecule has 92 valence electrons. The molecule has 0 aromatic rings. The number of carbonyl (C=O) groups is 1. The van der Waals surface area contributed by atoms with E-state index in [0.717, 1.165) is 0 Å². The van der Waals surface area contributed by atoms with Crippen molar-refractivity contribution in [1.82, 2.24) is 0 Å². The Morgan fingerprint density at radius 3 is 2.38 bits per heavy atom. The first-order valence-corrected chi connectivity index (χ1v) is 5.12. The third-order valence-corrected chi connectivity index (χ3v) is 2.28. The van der Waals surface area contributed by atoms with Gasteiger partial charge < -0.3 is 16.6 Å². The fourth-order valence-corrected chi connectivity index (χ4v) is 1.46. The van der Waals surface area contributed by atoms with Crippen LogP contribution in [0.5, 0.6) is 0 Å². The van der Waals surface area contributed by atoms with E-state index >= 15 is 0 Å². The first-order chi connectivity index (χ1) is 7.48. The summed E-state index contributed by atoms with van der Waals surface area (Å²) in [6, 6.07) is 0. The second-order valence-electron chi connectivity index (χ2n) is 3.59. The van der Waals surface area contributed by atoms with Crippen LogP contribution in [0, 0.1) is 4.91 Å². The number of rotatable bonds is 8. The van der Waals surface area contributed by atoms with E-state index in [0.29, 0.717) is 19.4 Å². The Kier molecular flexibility index (Phi) is 6.06. The van der Waals surface area contributed by atoms with Gasteiger partial charge in [-0.1, -0.05) is 18.5 Å². The Morgan fingerprint density at radius 1 is 1.38 bits per heavy atom. The third-order valence-electron chi connectivity index (χ3n) is 2.28. The van der Waals surface area contributed by atoms with Crippen molar-refractivity contribution >= 4 is 11.9 Å². The van der Waals surface area contributed by atoms with Gasteiger partial charge in [-0.3, -0.25) is 4.99 Å². The van der Waals surface area contributed by atoms with Gasteiger partial charge in [-0.25, -0.2) is 4.79 Å². The van der Waals surface area contributed by atoms with Crippen molar-refractivity contribution in [2.24, 2.45) is 21.6 Å². The zero-order chi connectivity index (χ0) is 12.6. The molecule has 16 heavy (non-hydrogen) atoms. The van der Waals surface area contributed by atoms with Crippen LogP contribution < -0.4 is 11.5 Å². The first kappa shape index (κ1) is 14.3. The highest BCUT2D eigenvalue weighted by atomic mass is 16.4. The number of carboxylic acids is 1. The number of nitrogens with zero attached hydrogens (tertiary/aromatic N) is 2. The summed E-state index contributed by atoms with van der Waals surface area (Å²) in [6.45, 7) is 2.11. The molecule has 0 fully saturated rings. The average Bonchev–Trinajstić information content (AvgIpc) is 2.22. The highest BCUT2D eigenvalue weighted by Crippen LogP contribution is 2.24. The second kappa shape index (κ2) is 6.76. The Balaban J connectivity index is 4.37. The van der Waals surface area contributed by atoms with E-state index in [9.17, 15) is 9.70 Å². The minimum absolute atomic E-state index is 0.0459. The van der Waals surface area contributed by atoms with Gasteiger partial charge in [-0.15, -0.1) is 4.91 Å². The van der Waals surface area contributed by atoms with Gasteiger partial charge in [0.15, 0.2) is 11.5 Å². The second-order valence-corrected chi connectivity index (χ2v) is 3.59. The molecule has 0 saturated heterocycles. The van der Waals surface area contributed by atoms with Crippen LogP contribution in [-0.4, -0.2) is 29.1 Å². The summed E-state index contributed by atoms with van der Waals surface area (Å²) < 4.78 is 0. The summed E-state index contributed by atoms with van der Waals surface area (Å²) in [5.74, 6) is -1.23. The van der Waals surface area contributed by atoms with Gasteiger partial charge in [-0.2, -0.15) is 0 Å². The number of guanidine groups is 1. The summed E-state index contributed by atoms with van der Waals surface area (Å²) in [6.07, 6.45) is 1.38. The van der Waals surface area contributed by atoms with Crippen molar-refractivity contribution in [3.63, 3.8) is 0 Å².